The second-order valence-corrected chi connectivity index (χ2v) is 6.46. The smallest absolute Gasteiger partial charge is 0.328 e. The summed E-state index contributed by atoms with van der Waals surface area (Å²) >= 11 is 0. The summed E-state index contributed by atoms with van der Waals surface area (Å²) in [6.45, 7) is 0. The van der Waals surface area contributed by atoms with Crippen LogP contribution in [0.4, 0.5) is 11.4 Å². The second kappa shape index (κ2) is 9.41. The van der Waals surface area contributed by atoms with Gasteiger partial charge in [-0.25, -0.2) is 4.79 Å². The van der Waals surface area contributed by atoms with Crippen molar-refractivity contribution in [1.29, 1.82) is 0 Å². The maximum absolute atomic E-state index is 12.9. The Hall–Kier alpha value is -3.80. The van der Waals surface area contributed by atoms with E-state index in [2.05, 4.69) is 10.6 Å². The predicted octanol–water partition coefficient (Wildman–Crippen LogP) is 3.65. The van der Waals surface area contributed by atoms with E-state index in [9.17, 15) is 14.7 Å². The molecule has 0 aliphatic heterocycles. The zero-order valence-electron chi connectivity index (χ0n) is 16.0. The average molecular weight is 390 g/mol. The van der Waals surface area contributed by atoms with E-state index in [-0.39, 0.29) is 12.2 Å². The van der Waals surface area contributed by atoms with Gasteiger partial charge in [-0.3, -0.25) is 4.79 Å². The number of para-hydroxylation sites is 2. The molecule has 6 nitrogen and oxygen atoms in total. The maximum atomic E-state index is 12.9. The van der Waals surface area contributed by atoms with E-state index in [1.165, 1.54) is 19.2 Å². The molecule has 3 rings (SSSR count). The van der Waals surface area contributed by atoms with E-state index in [1.54, 1.807) is 30.3 Å². The lowest BCUT2D eigenvalue weighted by Crippen LogP contribution is -2.43. The van der Waals surface area contributed by atoms with Gasteiger partial charge in [-0.2, -0.15) is 0 Å². The number of aromatic hydroxyl groups is 1. The summed E-state index contributed by atoms with van der Waals surface area (Å²) in [5.74, 6) is -0.800. The van der Waals surface area contributed by atoms with Gasteiger partial charge in [0, 0.05) is 12.1 Å². The van der Waals surface area contributed by atoms with Crippen molar-refractivity contribution in [3.8, 4) is 5.75 Å². The van der Waals surface area contributed by atoms with E-state index in [0.29, 0.717) is 11.3 Å². The van der Waals surface area contributed by atoms with Crippen molar-refractivity contribution < 1.29 is 19.4 Å². The number of carbonyl (C=O) groups is 2. The highest BCUT2D eigenvalue weighted by Gasteiger charge is 2.23. The summed E-state index contributed by atoms with van der Waals surface area (Å²) in [5, 5.41) is 15.4. The molecule has 3 N–H and O–H groups in total. The standard InChI is InChI=1S/C23H22N2O4/c1-29-23(28)21(15-16-11-13-18(26)14-12-16)25-22(27)19-9-5-6-10-20(19)24-17-7-3-2-4-8-17/h2-14,21,24,26H,15H2,1H3,(H,25,27). The molecule has 0 fully saturated rings. The number of hydrogen-bond acceptors (Lipinski definition) is 5. The van der Waals surface area contributed by atoms with Gasteiger partial charge in [0.15, 0.2) is 0 Å². The summed E-state index contributed by atoms with van der Waals surface area (Å²) in [7, 11) is 1.28. The molecule has 0 aromatic heterocycles. The van der Waals surface area contributed by atoms with Crippen LogP contribution in [0, 0.1) is 0 Å². The Morgan fingerprint density at radius 3 is 2.28 bits per heavy atom. The molecule has 0 saturated heterocycles. The van der Waals surface area contributed by atoms with Crippen molar-refractivity contribution >= 4 is 23.3 Å². The third-order valence-corrected chi connectivity index (χ3v) is 4.39. The Bertz CT molecular complexity index is 972. The minimum Gasteiger partial charge on any atom is -0.508 e. The normalized spacial score (nSPS) is 11.3. The molecule has 0 spiro atoms. The lowest BCUT2D eigenvalue weighted by atomic mass is 10.0. The van der Waals surface area contributed by atoms with Crippen molar-refractivity contribution in [3.05, 3.63) is 90.0 Å². The van der Waals surface area contributed by atoms with Crippen molar-refractivity contribution in [2.75, 3.05) is 12.4 Å². The van der Waals surface area contributed by atoms with E-state index in [4.69, 9.17) is 4.74 Å². The molecule has 0 radical (unpaired) electrons. The van der Waals surface area contributed by atoms with Gasteiger partial charge in [-0.15, -0.1) is 0 Å². The molecule has 3 aromatic carbocycles. The first-order valence-electron chi connectivity index (χ1n) is 9.14. The number of anilines is 2. The lowest BCUT2D eigenvalue weighted by molar-refractivity contribution is -0.142. The van der Waals surface area contributed by atoms with Crippen LogP contribution in [0.1, 0.15) is 15.9 Å². The number of methoxy groups -OCH3 is 1. The molecule has 0 bridgehead atoms. The number of carbonyl (C=O) groups excluding carboxylic acids is 2. The molecule has 3 aromatic rings. The zero-order valence-corrected chi connectivity index (χ0v) is 16.0. The molecule has 1 unspecified atom stereocenters. The molecular weight excluding hydrogens is 368 g/mol. The van der Waals surface area contributed by atoms with Crippen LogP contribution in [0.3, 0.4) is 0 Å². The molecule has 0 aliphatic carbocycles. The maximum Gasteiger partial charge on any atom is 0.328 e. The number of rotatable bonds is 7. The molecule has 148 valence electrons. The molecule has 29 heavy (non-hydrogen) atoms. The topological polar surface area (TPSA) is 87.7 Å². The van der Waals surface area contributed by atoms with Gasteiger partial charge in [0.25, 0.3) is 5.91 Å². The number of hydrogen-bond donors (Lipinski definition) is 3. The quantitative estimate of drug-likeness (QED) is 0.536. The first-order chi connectivity index (χ1) is 14.1. The van der Waals surface area contributed by atoms with Gasteiger partial charge in [0.05, 0.1) is 18.4 Å². The van der Waals surface area contributed by atoms with Crippen LogP contribution in [0.2, 0.25) is 0 Å². The first kappa shape index (κ1) is 19.9. The SMILES string of the molecule is COC(=O)C(Cc1ccc(O)cc1)NC(=O)c1ccccc1Nc1ccccc1. The number of amides is 1. The molecule has 0 aliphatic rings. The minimum atomic E-state index is -0.859. The van der Waals surface area contributed by atoms with E-state index < -0.39 is 17.9 Å². The fourth-order valence-electron chi connectivity index (χ4n) is 2.91. The summed E-state index contributed by atoms with van der Waals surface area (Å²) < 4.78 is 4.85. The monoisotopic (exact) mass is 390 g/mol. The van der Waals surface area contributed by atoms with Crippen molar-refractivity contribution in [3.63, 3.8) is 0 Å². The van der Waals surface area contributed by atoms with Crippen molar-refractivity contribution in [1.82, 2.24) is 5.32 Å². The number of esters is 1. The average Bonchev–Trinajstić information content (AvgIpc) is 2.75. The van der Waals surface area contributed by atoms with Gasteiger partial charge < -0.3 is 20.5 Å². The highest BCUT2D eigenvalue weighted by molar-refractivity contribution is 6.02. The first-order valence-corrected chi connectivity index (χ1v) is 9.14. The number of phenolic OH excluding ortho intramolecular Hbond substituents is 1. The molecule has 1 amide bonds. The molecule has 1 atom stereocenters. The van der Waals surface area contributed by atoms with Crippen LogP contribution in [-0.4, -0.2) is 30.1 Å². The Morgan fingerprint density at radius 2 is 1.59 bits per heavy atom. The van der Waals surface area contributed by atoms with E-state index >= 15 is 0 Å². The minimum absolute atomic E-state index is 0.133. The molecular formula is C23H22N2O4. The Kier molecular flexibility index (Phi) is 6.47. The van der Waals surface area contributed by atoms with Crippen LogP contribution >= 0.6 is 0 Å². The van der Waals surface area contributed by atoms with Gasteiger partial charge in [-0.1, -0.05) is 42.5 Å². The fraction of sp³-hybridized carbons (Fsp3) is 0.130. The summed E-state index contributed by atoms with van der Waals surface area (Å²) in [4.78, 5) is 25.2. The van der Waals surface area contributed by atoms with Crippen molar-refractivity contribution in [2.45, 2.75) is 12.5 Å². The fourth-order valence-corrected chi connectivity index (χ4v) is 2.91. The van der Waals surface area contributed by atoms with Crippen LogP contribution in [0.5, 0.6) is 5.75 Å². The summed E-state index contributed by atoms with van der Waals surface area (Å²) in [5.41, 5.74) is 2.68. The Morgan fingerprint density at radius 1 is 0.931 bits per heavy atom. The van der Waals surface area contributed by atoms with Crippen molar-refractivity contribution in [2.24, 2.45) is 0 Å². The van der Waals surface area contributed by atoms with Gasteiger partial charge in [0.2, 0.25) is 0 Å². The largest absolute Gasteiger partial charge is 0.508 e. The van der Waals surface area contributed by atoms with Gasteiger partial charge in [-0.05, 0) is 42.0 Å². The van der Waals surface area contributed by atoms with Crippen LogP contribution in [0.15, 0.2) is 78.9 Å². The highest BCUT2D eigenvalue weighted by Crippen LogP contribution is 2.21. The summed E-state index contributed by atoms with van der Waals surface area (Å²) in [6, 6.07) is 22.2. The Labute approximate surface area is 169 Å². The third kappa shape index (κ3) is 5.35. The Balaban J connectivity index is 1.79. The predicted molar refractivity (Wildman–Crippen MR) is 111 cm³/mol. The molecule has 0 heterocycles. The van der Waals surface area contributed by atoms with E-state index in [0.717, 1.165) is 11.3 Å². The number of phenols is 1. The molecule has 6 heteroatoms. The second-order valence-electron chi connectivity index (χ2n) is 6.46. The zero-order chi connectivity index (χ0) is 20.6. The highest BCUT2D eigenvalue weighted by atomic mass is 16.5. The lowest BCUT2D eigenvalue weighted by Gasteiger charge is -2.18. The molecule has 0 saturated carbocycles. The number of nitrogens with one attached hydrogen (secondary N) is 2. The van der Waals surface area contributed by atoms with Crippen LogP contribution in [-0.2, 0) is 16.0 Å². The van der Waals surface area contributed by atoms with Crippen LogP contribution in [0.25, 0.3) is 0 Å². The van der Waals surface area contributed by atoms with E-state index in [1.807, 2.05) is 36.4 Å². The number of ether oxygens (including phenoxy) is 1. The van der Waals surface area contributed by atoms with Gasteiger partial charge in [0.1, 0.15) is 11.8 Å². The number of benzene rings is 3. The third-order valence-electron chi connectivity index (χ3n) is 4.39. The van der Waals surface area contributed by atoms with Gasteiger partial charge >= 0.3 is 5.97 Å². The summed E-state index contributed by atoms with van der Waals surface area (Å²) in [6.07, 6.45) is 0.243. The van der Waals surface area contributed by atoms with Crippen LogP contribution < -0.4 is 10.6 Å².